The first-order valence-corrected chi connectivity index (χ1v) is 8.16. The van der Waals surface area contributed by atoms with Gasteiger partial charge in [-0.1, -0.05) is 42.5 Å². The highest BCUT2D eigenvalue weighted by Crippen LogP contribution is 2.21. The summed E-state index contributed by atoms with van der Waals surface area (Å²) in [5.74, 6) is 0.849. The Morgan fingerprint density at radius 2 is 1.65 bits per heavy atom. The number of benzene rings is 2. The monoisotopic (exact) mass is 345 g/mol. The summed E-state index contributed by atoms with van der Waals surface area (Å²) in [6.45, 7) is 0.197. The normalized spacial score (nSPS) is 10.8. The van der Waals surface area contributed by atoms with Gasteiger partial charge in [-0.2, -0.15) is 0 Å². The standard InChI is InChI=1S/C21H15NO4/c23-17-12-20(26-19-9-5-4-8-16(17)19)21(24)22-13-15-10-11-18(25-15)14-6-2-1-3-7-14/h1-12H,13H2,(H,22,24). The zero-order chi connectivity index (χ0) is 17.9. The maximum Gasteiger partial charge on any atom is 0.287 e. The van der Waals surface area contributed by atoms with Gasteiger partial charge in [-0.05, 0) is 24.3 Å². The van der Waals surface area contributed by atoms with Gasteiger partial charge in [-0.3, -0.25) is 9.59 Å². The molecule has 0 saturated carbocycles. The second-order valence-corrected chi connectivity index (χ2v) is 5.79. The van der Waals surface area contributed by atoms with E-state index in [0.29, 0.717) is 16.7 Å². The van der Waals surface area contributed by atoms with Gasteiger partial charge < -0.3 is 14.2 Å². The summed E-state index contributed by atoms with van der Waals surface area (Å²) < 4.78 is 11.3. The smallest absolute Gasteiger partial charge is 0.287 e. The number of furan rings is 1. The molecule has 0 saturated heterocycles. The van der Waals surface area contributed by atoms with E-state index >= 15 is 0 Å². The van der Waals surface area contributed by atoms with Crippen LogP contribution in [-0.4, -0.2) is 5.91 Å². The fourth-order valence-electron chi connectivity index (χ4n) is 2.70. The van der Waals surface area contributed by atoms with E-state index in [4.69, 9.17) is 8.83 Å². The molecule has 26 heavy (non-hydrogen) atoms. The number of fused-ring (bicyclic) bond motifs is 1. The van der Waals surface area contributed by atoms with Crippen molar-refractivity contribution in [3.63, 3.8) is 0 Å². The van der Waals surface area contributed by atoms with Crippen molar-refractivity contribution in [1.29, 1.82) is 0 Å². The zero-order valence-corrected chi connectivity index (χ0v) is 13.8. The molecule has 2 heterocycles. The van der Waals surface area contributed by atoms with Crippen molar-refractivity contribution in [1.82, 2.24) is 5.32 Å². The van der Waals surface area contributed by atoms with E-state index in [0.717, 1.165) is 11.3 Å². The molecular weight excluding hydrogens is 330 g/mol. The van der Waals surface area contributed by atoms with Gasteiger partial charge in [-0.25, -0.2) is 0 Å². The van der Waals surface area contributed by atoms with Crippen molar-refractivity contribution in [3.8, 4) is 11.3 Å². The topological polar surface area (TPSA) is 72.5 Å². The van der Waals surface area contributed by atoms with Crippen molar-refractivity contribution in [2.24, 2.45) is 0 Å². The highest BCUT2D eigenvalue weighted by Gasteiger charge is 2.13. The van der Waals surface area contributed by atoms with Crippen LogP contribution in [0.4, 0.5) is 0 Å². The Balaban J connectivity index is 1.49. The molecule has 1 amide bonds. The maximum absolute atomic E-state index is 12.3. The molecule has 0 bridgehead atoms. The first-order valence-electron chi connectivity index (χ1n) is 8.16. The number of nitrogens with one attached hydrogen (secondary N) is 1. The number of hydrogen-bond acceptors (Lipinski definition) is 4. The van der Waals surface area contributed by atoms with E-state index in [1.165, 1.54) is 6.07 Å². The molecule has 4 rings (SSSR count). The van der Waals surface area contributed by atoms with E-state index in [-0.39, 0.29) is 17.7 Å². The van der Waals surface area contributed by atoms with Crippen molar-refractivity contribution in [2.75, 3.05) is 0 Å². The second kappa shape index (κ2) is 6.72. The lowest BCUT2D eigenvalue weighted by Crippen LogP contribution is -2.23. The Labute approximate surface area is 148 Å². The van der Waals surface area contributed by atoms with Crippen LogP contribution in [-0.2, 0) is 6.54 Å². The molecule has 0 spiro atoms. The number of carbonyl (C=O) groups is 1. The van der Waals surface area contributed by atoms with Gasteiger partial charge in [0.2, 0.25) is 0 Å². The van der Waals surface area contributed by atoms with Gasteiger partial charge in [-0.15, -0.1) is 0 Å². The molecule has 2 aromatic heterocycles. The van der Waals surface area contributed by atoms with E-state index in [1.807, 2.05) is 36.4 Å². The van der Waals surface area contributed by atoms with Crippen LogP contribution >= 0.6 is 0 Å². The molecule has 128 valence electrons. The molecular formula is C21H15NO4. The van der Waals surface area contributed by atoms with Crippen LogP contribution in [0, 0.1) is 0 Å². The first-order chi connectivity index (χ1) is 12.7. The summed E-state index contributed by atoms with van der Waals surface area (Å²) in [7, 11) is 0. The zero-order valence-electron chi connectivity index (χ0n) is 13.8. The fraction of sp³-hybridized carbons (Fsp3) is 0.0476. The van der Waals surface area contributed by atoms with Crippen LogP contribution in [0.3, 0.4) is 0 Å². The van der Waals surface area contributed by atoms with Crippen molar-refractivity contribution in [3.05, 3.63) is 94.5 Å². The highest BCUT2D eigenvalue weighted by atomic mass is 16.3. The minimum atomic E-state index is -0.467. The van der Waals surface area contributed by atoms with Gasteiger partial charge in [0, 0.05) is 11.6 Å². The predicted molar refractivity (Wildman–Crippen MR) is 97.8 cm³/mol. The highest BCUT2D eigenvalue weighted by molar-refractivity contribution is 5.93. The Morgan fingerprint density at radius 3 is 2.50 bits per heavy atom. The largest absolute Gasteiger partial charge is 0.459 e. The number of rotatable bonds is 4. The van der Waals surface area contributed by atoms with Crippen LogP contribution in [0.2, 0.25) is 0 Å². The Bertz CT molecular complexity index is 1130. The summed E-state index contributed by atoms with van der Waals surface area (Å²) in [4.78, 5) is 24.4. The van der Waals surface area contributed by atoms with Crippen molar-refractivity contribution >= 4 is 16.9 Å². The van der Waals surface area contributed by atoms with Crippen LogP contribution in [0.5, 0.6) is 0 Å². The fourth-order valence-corrected chi connectivity index (χ4v) is 2.70. The number of hydrogen-bond donors (Lipinski definition) is 1. The number of para-hydroxylation sites is 1. The molecule has 0 aliphatic carbocycles. The predicted octanol–water partition coefficient (Wildman–Crippen LogP) is 3.98. The minimum absolute atomic E-state index is 0.0245. The molecule has 4 aromatic rings. The van der Waals surface area contributed by atoms with Crippen molar-refractivity contribution in [2.45, 2.75) is 6.54 Å². The molecule has 0 unspecified atom stereocenters. The second-order valence-electron chi connectivity index (χ2n) is 5.79. The Kier molecular flexibility index (Phi) is 4.11. The molecule has 0 aliphatic rings. The molecule has 0 fully saturated rings. The average Bonchev–Trinajstić information content (AvgIpc) is 3.16. The average molecular weight is 345 g/mol. The molecule has 1 N–H and O–H groups in total. The van der Waals surface area contributed by atoms with Crippen LogP contribution in [0.1, 0.15) is 16.3 Å². The molecule has 5 heteroatoms. The van der Waals surface area contributed by atoms with E-state index in [2.05, 4.69) is 5.32 Å². The summed E-state index contributed by atoms with van der Waals surface area (Å²) >= 11 is 0. The molecule has 0 atom stereocenters. The quantitative estimate of drug-likeness (QED) is 0.607. The third-order valence-corrected chi connectivity index (χ3v) is 4.00. The summed E-state index contributed by atoms with van der Waals surface area (Å²) in [5, 5.41) is 3.15. The number of amides is 1. The number of carbonyl (C=O) groups excluding carboxylic acids is 1. The summed E-state index contributed by atoms with van der Waals surface area (Å²) in [6.07, 6.45) is 0. The van der Waals surface area contributed by atoms with Crippen LogP contribution in [0.15, 0.2) is 86.4 Å². The van der Waals surface area contributed by atoms with E-state index in [9.17, 15) is 9.59 Å². The van der Waals surface area contributed by atoms with Gasteiger partial charge in [0.1, 0.15) is 17.1 Å². The van der Waals surface area contributed by atoms with Gasteiger partial charge in [0.25, 0.3) is 5.91 Å². The molecule has 5 nitrogen and oxygen atoms in total. The lowest BCUT2D eigenvalue weighted by molar-refractivity contribution is 0.0921. The van der Waals surface area contributed by atoms with Crippen LogP contribution in [0.25, 0.3) is 22.3 Å². The minimum Gasteiger partial charge on any atom is -0.459 e. The molecule has 2 aromatic carbocycles. The summed E-state index contributed by atoms with van der Waals surface area (Å²) in [5.41, 5.74) is 1.10. The third-order valence-electron chi connectivity index (χ3n) is 4.00. The molecule has 0 aliphatic heterocycles. The van der Waals surface area contributed by atoms with Crippen molar-refractivity contribution < 1.29 is 13.6 Å². The molecule has 0 radical (unpaired) electrons. The van der Waals surface area contributed by atoms with Gasteiger partial charge in [0.15, 0.2) is 11.2 Å². The summed E-state index contributed by atoms with van der Waals surface area (Å²) in [6, 6.07) is 21.4. The maximum atomic E-state index is 12.3. The first kappa shape index (κ1) is 15.9. The van der Waals surface area contributed by atoms with Gasteiger partial charge in [0.05, 0.1) is 11.9 Å². The lowest BCUT2D eigenvalue weighted by Gasteiger charge is -2.04. The van der Waals surface area contributed by atoms with Gasteiger partial charge >= 0.3 is 0 Å². The Hall–Kier alpha value is -3.60. The third kappa shape index (κ3) is 3.15. The van der Waals surface area contributed by atoms with E-state index in [1.54, 1.807) is 30.3 Å². The van der Waals surface area contributed by atoms with E-state index < -0.39 is 5.91 Å². The SMILES string of the molecule is O=C(NCc1ccc(-c2ccccc2)o1)c1cc(=O)c2ccccc2o1. The lowest BCUT2D eigenvalue weighted by atomic mass is 10.2. The van der Waals surface area contributed by atoms with Crippen LogP contribution < -0.4 is 10.7 Å². The Morgan fingerprint density at radius 1 is 0.885 bits per heavy atom.